The van der Waals surface area contributed by atoms with Gasteiger partial charge in [-0.05, 0) is 39.4 Å². The molecule has 0 aromatic rings. The summed E-state index contributed by atoms with van der Waals surface area (Å²) in [5.74, 6) is 0.971. The number of rotatable bonds is 11. The molecule has 0 aromatic heterocycles. The first-order valence-corrected chi connectivity index (χ1v) is 8.02. The van der Waals surface area contributed by atoms with E-state index in [0.29, 0.717) is 0 Å². The number of nitrogens with zero attached hydrogens (tertiary/aromatic N) is 2. The summed E-state index contributed by atoms with van der Waals surface area (Å²) in [4.78, 5) is 7.06. The van der Waals surface area contributed by atoms with Crippen molar-refractivity contribution in [1.29, 1.82) is 0 Å². The number of guanidine groups is 1. The molecular formula is C15H35IN4. The Bertz CT molecular complexity index is 218. The van der Waals surface area contributed by atoms with Gasteiger partial charge < -0.3 is 15.5 Å². The van der Waals surface area contributed by atoms with Gasteiger partial charge in [0.2, 0.25) is 0 Å². The SMILES string of the molecule is CCCCCNC(=NCCCN(CC)CC)NCC.I. The van der Waals surface area contributed by atoms with E-state index in [2.05, 4.69) is 48.2 Å². The molecule has 0 heterocycles. The second-order valence-electron chi connectivity index (χ2n) is 4.77. The molecule has 0 fully saturated rings. The van der Waals surface area contributed by atoms with Crippen LogP contribution in [0.25, 0.3) is 0 Å². The van der Waals surface area contributed by atoms with Crippen molar-refractivity contribution in [1.82, 2.24) is 15.5 Å². The van der Waals surface area contributed by atoms with Gasteiger partial charge in [0.1, 0.15) is 0 Å². The van der Waals surface area contributed by atoms with Crippen LogP contribution in [0.15, 0.2) is 4.99 Å². The standard InChI is InChI=1S/C15H34N4.HI/c1-5-9-10-12-17-15(16-6-2)18-13-11-14-19(7-3)8-4;/h5-14H2,1-4H3,(H2,16,17,18);1H. The maximum Gasteiger partial charge on any atom is 0.191 e. The van der Waals surface area contributed by atoms with E-state index in [1.807, 2.05) is 0 Å². The highest BCUT2D eigenvalue weighted by atomic mass is 127. The lowest BCUT2D eigenvalue weighted by atomic mass is 10.2. The predicted octanol–water partition coefficient (Wildman–Crippen LogP) is 3.08. The highest BCUT2D eigenvalue weighted by Gasteiger charge is 1.99. The summed E-state index contributed by atoms with van der Waals surface area (Å²) in [6, 6.07) is 0. The lowest BCUT2D eigenvalue weighted by molar-refractivity contribution is 0.302. The monoisotopic (exact) mass is 398 g/mol. The van der Waals surface area contributed by atoms with Gasteiger partial charge in [-0.1, -0.05) is 33.6 Å². The summed E-state index contributed by atoms with van der Waals surface area (Å²) in [6.45, 7) is 15.0. The molecule has 0 unspecified atom stereocenters. The van der Waals surface area contributed by atoms with Crippen molar-refractivity contribution in [2.45, 2.75) is 53.4 Å². The van der Waals surface area contributed by atoms with E-state index in [-0.39, 0.29) is 24.0 Å². The molecule has 2 N–H and O–H groups in total. The third kappa shape index (κ3) is 13.0. The smallest absolute Gasteiger partial charge is 0.191 e. The number of aliphatic imine (C=N–C) groups is 1. The van der Waals surface area contributed by atoms with E-state index in [4.69, 9.17) is 0 Å². The third-order valence-electron chi connectivity index (χ3n) is 3.21. The van der Waals surface area contributed by atoms with Gasteiger partial charge in [0, 0.05) is 19.6 Å². The van der Waals surface area contributed by atoms with Crippen molar-refractivity contribution in [3.63, 3.8) is 0 Å². The molecule has 0 aromatic carbocycles. The van der Waals surface area contributed by atoms with Crippen molar-refractivity contribution in [3.05, 3.63) is 0 Å². The molecule has 0 rings (SSSR count). The molecule has 0 amide bonds. The predicted molar refractivity (Wildman–Crippen MR) is 101 cm³/mol. The van der Waals surface area contributed by atoms with E-state index in [9.17, 15) is 0 Å². The van der Waals surface area contributed by atoms with Crippen molar-refractivity contribution in [2.75, 3.05) is 39.3 Å². The molecule has 0 aliphatic rings. The Morgan fingerprint density at radius 3 is 2.20 bits per heavy atom. The third-order valence-corrected chi connectivity index (χ3v) is 3.21. The summed E-state index contributed by atoms with van der Waals surface area (Å²) in [7, 11) is 0. The fourth-order valence-electron chi connectivity index (χ4n) is 1.95. The minimum absolute atomic E-state index is 0. The molecule has 0 spiro atoms. The molecule has 0 bridgehead atoms. The zero-order chi connectivity index (χ0) is 14.3. The van der Waals surface area contributed by atoms with Crippen LogP contribution in [0.5, 0.6) is 0 Å². The summed E-state index contributed by atoms with van der Waals surface area (Å²) < 4.78 is 0. The van der Waals surface area contributed by atoms with Crippen molar-refractivity contribution >= 4 is 29.9 Å². The van der Waals surface area contributed by atoms with Gasteiger partial charge in [-0.3, -0.25) is 4.99 Å². The molecular weight excluding hydrogens is 363 g/mol. The largest absolute Gasteiger partial charge is 0.357 e. The van der Waals surface area contributed by atoms with Gasteiger partial charge >= 0.3 is 0 Å². The van der Waals surface area contributed by atoms with Crippen LogP contribution < -0.4 is 10.6 Å². The van der Waals surface area contributed by atoms with Gasteiger partial charge in [0.15, 0.2) is 5.96 Å². The zero-order valence-corrected chi connectivity index (χ0v) is 16.2. The molecule has 20 heavy (non-hydrogen) atoms. The molecule has 0 saturated carbocycles. The summed E-state index contributed by atoms with van der Waals surface area (Å²) in [5, 5.41) is 6.70. The van der Waals surface area contributed by atoms with Crippen LogP contribution in [0.1, 0.15) is 53.4 Å². The number of nitrogens with one attached hydrogen (secondary N) is 2. The summed E-state index contributed by atoms with van der Waals surface area (Å²) in [6.07, 6.45) is 4.90. The minimum Gasteiger partial charge on any atom is -0.357 e. The summed E-state index contributed by atoms with van der Waals surface area (Å²) in [5.41, 5.74) is 0. The quantitative estimate of drug-likeness (QED) is 0.243. The number of halogens is 1. The maximum atomic E-state index is 4.62. The van der Waals surface area contributed by atoms with Crippen LogP contribution in [0.2, 0.25) is 0 Å². The van der Waals surface area contributed by atoms with Gasteiger partial charge in [0.05, 0.1) is 0 Å². The van der Waals surface area contributed by atoms with E-state index in [1.54, 1.807) is 0 Å². The first kappa shape index (κ1) is 22.2. The minimum atomic E-state index is 0. The lowest BCUT2D eigenvalue weighted by Gasteiger charge is -2.17. The Hall–Kier alpha value is -0.0400. The van der Waals surface area contributed by atoms with Crippen LogP contribution in [0.3, 0.4) is 0 Å². The molecule has 0 atom stereocenters. The zero-order valence-electron chi connectivity index (χ0n) is 13.9. The average molecular weight is 398 g/mol. The first-order chi connectivity index (χ1) is 9.28. The first-order valence-electron chi connectivity index (χ1n) is 8.02. The van der Waals surface area contributed by atoms with E-state index in [1.165, 1.54) is 19.3 Å². The van der Waals surface area contributed by atoms with Gasteiger partial charge in [-0.25, -0.2) is 0 Å². The average Bonchev–Trinajstić information content (AvgIpc) is 2.43. The van der Waals surface area contributed by atoms with Gasteiger partial charge in [-0.2, -0.15) is 0 Å². The van der Waals surface area contributed by atoms with Crippen molar-refractivity contribution < 1.29 is 0 Å². The van der Waals surface area contributed by atoms with E-state index < -0.39 is 0 Å². The molecule has 0 radical (unpaired) electrons. The molecule has 122 valence electrons. The molecule has 0 saturated heterocycles. The number of hydrogen-bond acceptors (Lipinski definition) is 2. The van der Waals surface area contributed by atoms with Crippen molar-refractivity contribution in [2.24, 2.45) is 4.99 Å². The van der Waals surface area contributed by atoms with Gasteiger partial charge in [-0.15, -0.1) is 24.0 Å². The number of unbranched alkanes of at least 4 members (excludes halogenated alkanes) is 2. The van der Waals surface area contributed by atoms with Crippen LogP contribution in [0, 0.1) is 0 Å². The van der Waals surface area contributed by atoms with Crippen molar-refractivity contribution in [3.8, 4) is 0 Å². The van der Waals surface area contributed by atoms with Gasteiger partial charge in [0.25, 0.3) is 0 Å². The highest BCUT2D eigenvalue weighted by molar-refractivity contribution is 14.0. The lowest BCUT2D eigenvalue weighted by Crippen LogP contribution is -2.38. The van der Waals surface area contributed by atoms with E-state index >= 15 is 0 Å². The Morgan fingerprint density at radius 2 is 1.65 bits per heavy atom. The van der Waals surface area contributed by atoms with Crippen LogP contribution in [-0.4, -0.2) is 50.1 Å². The topological polar surface area (TPSA) is 39.7 Å². The fraction of sp³-hybridized carbons (Fsp3) is 0.933. The summed E-state index contributed by atoms with van der Waals surface area (Å²) >= 11 is 0. The Balaban J connectivity index is 0. The van der Waals surface area contributed by atoms with Crippen LogP contribution >= 0.6 is 24.0 Å². The maximum absolute atomic E-state index is 4.62. The van der Waals surface area contributed by atoms with Crippen LogP contribution in [-0.2, 0) is 0 Å². The second-order valence-corrected chi connectivity index (χ2v) is 4.77. The molecule has 5 heteroatoms. The number of hydrogen-bond donors (Lipinski definition) is 2. The Labute approximate surface area is 143 Å². The Kier molecular flexibility index (Phi) is 18.9. The molecule has 0 aliphatic heterocycles. The Morgan fingerprint density at radius 1 is 0.950 bits per heavy atom. The second kappa shape index (κ2) is 17.0. The fourth-order valence-corrected chi connectivity index (χ4v) is 1.95. The van der Waals surface area contributed by atoms with E-state index in [0.717, 1.165) is 51.6 Å². The normalized spacial score (nSPS) is 11.3. The van der Waals surface area contributed by atoms with Crippen LogP contribution in [0.4, 0.5) is 0 Å². The molecule has 0 aliphatic carbocycles. The molecule has 4 nitrogen and oxygen atoms in total. The highest BCUT2D eigenvalue weighted by Crippen LogP contribution is 1.92.